The Balaban J connectivity index is 0. The molecule has 1 N–H and O–H groups in total. The molecule has 98 valence electrons. The Labute approximate surface area is 103 Å². The van der Waals surface area contributed by atoms with Crippen molar-refractivity contribution >= 4 is 11.9 Å². The summed E-state index contributed by atoms with van der Waals surface area (Å²) in [4.78, 5) is 20.6. The number of carboxylic acid groups (broad SMARTS) is 1. The average Bonchev–Trinajstić information content (AvgIpc) is 2.26. The van der Waals surface area contributed by atoms with Gasteiger partial charge in [0.1, 0.15) is 0 Å². The monoisotopic (exact) mass is 242 g/mol. The number of esters is 1. The van der Waals surface area contributed by atoms with Gasteiger partial charge in [0, 0.05) is 11.1 Å². The standard InChI is InChI=1S/C7H12O2.C6H10O2/c1-4-5-9-7(8)6(2)3;1-3-4-5(2)6(7)8/h2,4-5H2,1,3H3;2-4H2,1H3,(H,7,8). The van der Waals surface area contributed by atoms with Crippen LogP contribution in [0.25, 0.3) is 0 Å². The summed E-state index contributed by atoms with van der Waals surface area (Å²) in [7, 11) is 0. The van der Waals surface area contributed by atoms with E-state index in [9.17, 15) is 9.59 Å². The van der Waals surface area contributed by atoms with Crippen LogP contribution in [0.1, 0.15) is 40.0 Å². The van der Waals surface area contributed by atoms with E-state index in [1.54, 1.807) is 6.92 Å². The first-order valence-corrected chi connectivity index (χ1v) is 5.60. The third-order valence-electron chi connectivity index (χ3n) is 1.64. The van der Waals surface area contributed by atoms with E-state index in [1.807, 2.05) is 13.8 Å². The van der Waals surface area contributed by atoms with Crippen LogP contribution in [0.3, 0.4) is 0 Å². The Morgan fingerprint density at radius 3 is 1.94 bits per heavy atom. The predicted octanol–water partition coefficient (Wildman–Crippen LogP) is 2.94. The molecule has 0 heterocycles. The molecule has 0 rings (SSSR count). The van der Waals surface area contributed by atoms with Gasteiger partial charge in [-0.25, -0.2) is 9.59 Å². The Kier molecular flexibility index (Phi) is 11.4. The fraction of sp³-hybridized carbons (Fsp3) is 0.538. The summed E-state index contributed by atoms with van der Waals surface area (Å²) in [5.74, 6) is -1.18. The maximum atomic E-state index is 10.6. The first-order valence-electron chi connectivity index (χ1n) is 5.60. The maximum Gasteiger partial charge on any atom is 0.333 e. The fourth-order valence-electron chi connectivity index (χ4n) is 0.727. The molecule has 0 aromatic rings. The largest absolute Gasteiger partial charge is 0.478 e. The molecule has 0 aliphatic carbocycles. The van der Waals surface area contributed by atoms with Gasteiger partial charge in [-0.2, -0.15) is 0 Å². The van der Waals surface area contributed by atoms with Gasteiger partial charge in [-0.1, -0.05) is 33.4 Å². The van der Waals surface area contributed by atoms with Crippen LogP contribution in [0, 0.1) is 0 Å². The van der Waals surface area contributed by atoms with Crippen LogP contribution < -0.4 is 0 Å². The van der Waals surface area contributed by atoms with Gasteiger partial charge in [0.25, 0.3) is 0 Å². The summed E-state index contributed by atoms with van der Waals surface area (Å²) >= 11 is 0. The second-order valence-electron chi connectivity index (χ2n) is 3.57. The van der Waals surface area contributed by atoms with Crippen molar-refractivity contribution in [1.29, 1.82) is 0 Å². The zero-order chi connectivity index (χ0) is 13.8. The lowest BCUT2D eigenvalue weighted by Crippen LogP contribution is -2.04. The third kappa shape index (κ3) is 12.4. The summed E-state index contributed by atoms with van der Waals surface area (Å²) in [5, 5.41) is 8.21. The molecule has 0 aromatic heterocycles. The second-order valence-corrected chi connectivity index (χ2v) is 3.57. The van der Waals surface area contributed by atoms with E-state index in [0.717, 1.165) is 12.8 Å². The molecule has 0 spiro atoms. The van der Waals surface area contributed by atoms with Crippen molar-refractivity contribution in [2.75, 3.05) is 6.61 Å². The van der Waals surface area contributed by atoms with Gasteiger partial charge in [0.2, 0.25) is 0 Å². The van der Waals surface area contributed by atoms with E-state index in [-0.39, 0.29) is 5.97 Å². The van der Waals surface area contributed by atoms with Gasteiger partial charge >= 0.3 is 11.9 Å². The van der Waals surface area contributed by atoms with Gasteiger partial charge < -0.3 is 9.84 Å². The van der Waals surface area contributed by atoms with E-state index in [4.69, 9.17) is 9.84 Å². The van der Waals surface area contributed by atoms with Crippen LogP contribution in [-0.2, 0) is 14.3 Å². The number of rotatable bonds is 6. The minimum atomic E-state index is -0.883. The van der Waals surface area contributed by atoms with Crippen LogP contribution in [0.2, 0.25) is 0 Å². The summed E-state index contributed by atoms with van der Waals surface area (Å²) in [6.45, 7) is 12.8. The molecular formula is C13H22O4. The molecule has 0 saturated carbocycles. The number of carbonyl (C=O) groups excluding carboxylic acids is 1. The molecule has 0 atom stereocenters. The topological polar surface area (TPSA) is 63.6 Å². The fourth-order valence-corrected chi connectivity index (χ4v) is 0.727. The normalized spacial score (nSPS) is 8.65. The summed E-state index contributed by atoms with van der Waals surface area (Å²) in [5.41, 5.74) is 0.760. The number of carboxylic acids is 1. The molecule has 0 aliphatic rings. The zero-order valence-corrected chi connectivity index (χ0v) is 10.9. The molecule has 0 aromatic carbocycles. The first-order chi connectivity index (χ1) is 7.86. The lowest BCUT2D eigenvalue weighted by molar-refractivity contribution is -0.139. The van der Waals surface area contributed by atoms with Crippen molar-refractivity contribution in [2.45, 2.75) is 40.0 Å². The number of carbonyl (C=O) groups is 2. The van der Waals surface area contributed by atoms with Crippen molar-refractivity contribution in [2.24, 2.45) is 0 Å². The smallest absolute Gasteiger partial charge is 0.333 e. The van der Waals surface area contributed by atoms with Gasteiger partial charge in [-0.15, -0.1) is 0 Å². The van der Waals surface area contributed by atoms with Crippen LogP contribution >= 0.6 is 0 Å². The van der Waals surface area contributed by atoms with Crippen molar-refractivity contribution in [3.05, 3.63) is 24.3 Å². The van der Waals surface area contributed by atoms with Gasteiger partial charge in [-0.3, -0.25) is 0 Å². The van der Waals surface area contributed by atoms with Crippen LogP contribution in [-0.4, -0.2) is 23.7 Å². The Hall–Kier alpha value is -1.58. The molecule has 4 nitrogen and oxygen atoms in total. The third-order valence-corrected chi connectivity index (χ3v) is 1.64. The van der Waals surface area contributed by atoms with Crippen LogP contribution in [0.4, 0.5) is 0 Å². The highest BCUT2D eigenvalue weighted by Gasteiger charge is 2.00. The molecule has 4 heteroatoms. The molecule has 0 saturated heterocycles. The number of ether oxygens (including phenoxy) is 1. The Bertz CT molecular complexity index is 279. The molecule has 0 radical (unpaired) electrons. The minimum Gasteiger partial charge on any atom is -0.478 e. The van der Waals surface area contributed by atoms with E-state index < -0.39 is 5.97 Å². The molecular weight excluding hydrogens is 220 g/mol. The highest BCUT2D eigenvalue weighted by Crippen LogP contribution is 1.99. The Morgan fingerprint density at radius 1 is 1.18 bits per heavy atom. The lowest BCUT2D eigenvalue weighted by Gasteiger charge is -1.99. The van der Waals surface area contributed by atoms with Crippen molar-refractivity contribution in [3.8, 4) is 0 Å². The molecule has 0 amide bonds. The van der Waals surface area contributed by atoms with Crippen molar-refractivity contribution in [3.63, 3.8) is 0 Å². The van der Waals surface area contributed by atoms with Gasteiger partial charge in [0.15, 0.2) is 0 Å². The quantitative estimate of drug-likeness (QED) is 0.574. The first kappa shape index (κ1) is 17.8. The van der Waals surface area contributed by atoms with E-state index in [0.29, 0.717) is 24.2 Å². The number of aliphatic carboxylic acids is 1. The van der Waals surface area contributed by atoms with Gasteiger partial charge in [0.05, 0.1) is 6.61 Å². The number of hydrogen-bond donors (Lipinski definition) is 1. The Morgan fingerprint density at radius 2 is 1.71 bits per heavy atom. The highest BCUT2D eigenvalue weighted by molar-refractivity contribution is 5.86. The summed E-state index contributed by atoms with van der Waals surface area (Å²) < 4.78 is 4.71. The van der Waals surface area contributed by atoms with E-state index in [1.165, 1.54) is 0 Å². The van der Waals surface area contributed by atoms with Crippen LogP contribution in [0.5, 0.6) is 0 Å². The average molecular weight is 242 g/mol. The van der Waals surface area contributed by atoms with Crippen LogP contribution in [0.15, 0.2) is 24.3 Å². The SMILES string of the molecule is C=C(C)C(=O)OCCC.C=C(CCC)C(=O)O. The van der Waals surface area contributed by atoms with Gasteiger partial charge in [-0.05, 0) is 19.8 Å². The molecule has 17 heavy (non-hydrogen) atoms. The van der Waals surface area contributed by atoms with E-state index in [2.05, 4.69) is 13.2 Å². The van der Waals surface area contributed by atoms with Crippen molar-refractivity contribution < 1.29 is 19.4 Å². The summed E-state index contributed by atoms with van der Waals surface area (Å²) in [6, 6.07) is 0. The maximum absolute atomic E-state index is 10.6. The minimum absolute atomic E-state index is 0.295. The molecule has 0 unspecified atom stereocenters. The van der Waals surface area contributed by atoms with E-state index >= 15 is 0 Å². The molecule has 0 bridgehead atoms. The second kappa shape index (κ2) is 10.9. The molecule has 0 fully saturated rings. The molecule has 0 aliphatic heterocycles. The highest BCUT2D eigenvalue weighted by atomic mass is 16.5. The van der Waals surface area contributed by atoms with Crippen molar-refractivity contribution in [1.82, 2.24) is 0 Å². The number of hydrogen-bond acceptors (Lipinski definition) is 3. The lowest BCUT2D eigenvalue weighted by atomic mass is 10.2. The summed E-state index contributed by atoms with van der Waals surface area (Å²) in [6.07, 6.45) is 2.31. The zero-order valence-electron chi connectivity index (χ0n) is 10.9. The predicted molar refractivity (Wildman–Crippen MR) is 67.7 cm³/mol.